The van der Waals surface area contributed by atoms with E-state index < -0.39 is 56.8 Å². The van der Waals surface area contributed by atoms with Crippen LogP contribution >= 0.6 is 23.2 Å². The molecule has 0 bridgehead atoms. The quantitative estimate of drug-likeness (QED) is 0.344. The summed E-state index contributed by atoms with van der Waals surface area (Å²) in [6.07, 6.45) is 6.42. The topological polar surface area (TPSA) is 95.0 Å². The van der Waals surface area contributed by atoms with Crippen LogP contribution in [0.2, 0.25) is 0 Å². The molecule has 4 amide bonds. The molecule has 196 valence electrons. The van der Waals surface area contributed by atoms with Crippen molar-refractivity contribution in [1.82, 2.24) is 9.80 Å². The van der Waals surface area contributed by atoms with Gasteiger partial charge in [0.25, 0.3) is 11.8 Å². The lowest BCUT2D eigenvalue weighted by Gasteiger charge is -2.50. The summed E-state index contributed by atoms with van der Waals surface area (Å²) in [5.41, 5.74) is 0.559. The fourth-order valence-corrected chi connectivity index (χ4v) is 8.59. The molecule has 4 fully saturated rings. The number of para-hydroxylation sites is 1. The molecule has 10 heteroatoms. The Hall–Kier alpha value is -2.45. The predicted molar refractivity (Wildman–Crippen MR) is 132 cm³/mol. The number of hydrogen-bond acceptors (Lipinski definition) is 5. The lowest BCUT2D eigenvalue weighted by atomic mass is 9.56. The first-order chi connectivity index (χ1) is 17.5. The van der Waals surface area contributed by atoms with Gasteiger partial charge in [0.15, 0.2) is 21.3 Å². The minimum atomic E-state index is -2.05. The van der Waals surface area contributed by atoms with Crippen molar-refractivity contribution in [3.8, 4) is 5.75 Å². The molecule has 1 aromatic carbocycles. The number of imide groups is 2. The number of likely N-dealkylation sites (tertiary alicyclic amines) is 2. The minimum absolute atomic E-state index is 0.0202. The average molecular weight is 549 g/mol. The maximum Gasteiger partial charge on any atom is 0.253 e. The van der Waals surface area contributed by atoms with Crippen LogP contribution in [0, 0.1) is 23.6 Å². The summed E-state index contributed by atoms with van der Waals surface area (Å²) in [5, 5.41) is 10.7. The van der Waals surface area contributed by atoms with Crippen LogP contribution in [-0.2, 0) is 19.2 Å². The van der Waals surface area contributed by atoms with Gasteiger partial charge in [0.05, 0.1) is 11.8 Å². The number of benzene rings is 1. The van der Waals surface area contributed by atoms with Crippen LogP contribution < -0.4 is 0 Å². The van der Waals surface area contributed by atoms with Crippen molar-refractivity contribution in [3.05, 3.63) is 41.2 Å². The van der Waals surface area contributed by atoms with Crippen molar-refractivity contribution < 1.29 is 28.7 Å². The van der Waals surface area contributed by atoms with E-state index in [4.69, 9.17) is 23.2 Å². The number of phenolic OH excluding ortho intramolecular Hbond substituents is 1. The number of halogens is 3. The minimum Gasteiger partial charge on any atom is -0.505 e. The third-order valence-electron chi connectivity index (χ3n) is 9.32. The van der Waals surface area contributed by atoms with Crippen LogP contribution in [0.4, 0.5) is 4.39 Å². The standard InChI is InChI=1S/C27H27Cl2FN2O5/c1-31-24(36)26(28)12-17-14(20(27(26,29)25(31)37)16-8-5-9-18(30)21(16)33)10-11-15-19(17)23(35)32(22(15)34)13-6-3-2-4-7-13/h5,8-10,13,15,17,19-20,33H,2-4,6-7,11-12H2,1H3. The van der Waals surface area contributed by atoms with Gasteiger partial charge >= 0.3 is 0 Å². The van der Waals surface area contributed by atoms with Crippen LogP contribution in [0.1, 0.15) is 56.4 Å². The first-order valence-electron chi connectivity index (χ1n) is 12.8. The highest BCUT2D eigenvalue weighted by atomic mass is 35.5. The molecular formula is C27H27Cl2FN2O5. The Morgan fingerprint density at radius 3 is 2.41 bits per heavy atom. The van der Waals surface area contributed by atoms with Crippen LogP contribution in [0.25, 0.3) is 0 Å². The molecule has 7 nitrogen and oxygen atoms in total. The van der Waals surface area contributed by atoms with E-state index in [1.807, 2.05) is 0 Å². The Kier molecular flexibility index (Phi) is 5.56. The number of allylic oxidation sites excluding steroid dienone is 2. The number of alkyl halides is 2. The van der Waals surface area contributed by atoms with Crippen LogP contribution in [0.3, 0.4) is 0 Å². The lowest BCUT2D eigenvalue weighted by Crippen LogP contribution is -2.60. The molecule has 2 saturated heterocycles. The summed E-state index contributed by atoms with van der Waals surface area (Å²) >= 11 is 14.1. The second kappa shape index (κ2) is 8.27. The number of hydrogen-bond donors (Lipinski definition) is 1. The van der Waals surface area contributed by atoms with Crippen LogP contribution in [0.15, 0.2) is 29.8 Å². The molecule has 6 atom stereocenters. The number of carbonyl (C=O) groups is 4. The second-order valence-corrected chi connectivity index (χ2v) is 12.3. The number of rotatable bonds is 2. The summed E-state index contributed by atoms with van der Waals surface area (Å²) < 4.78 is 14.5. The second-order valence-electron chi connectivity index (χ2n) is 11.0. The van der Waals surface area contributed by atoms with Gasteiger partial charge in [-0.05, 0) is 37.7 Å². The van der Waals surface area contributed by atoms with Gasteiger partial charge in [0, 0.05) is 24.6 Å². The number of phenols is 1. The fourth-order valence-electron chi connectivity index (χ4n) is 7.58. The number of aromatic hydroxyl groups is 1. The molecule has 37 heavy (non-hydrogen) atoms. The monoisotopic (exact) mass is 548 g/mol. The lowest BCUT2D eigenvalue weighted by molar-refractivity contribution is -0.144. The predicted octanol–water partition coefficient (Wildman–Crippen LogP) is 3.85. The maximum atomic E-state index is 14.5. The molecule has 5 aliphatic rings. The molecule has 0 spiro atoms. The number of nitrogens with zero attached hydrogens (tertiary/aromatic N) is 2. The summed E-state index contributed by atoms with van der Waals surface area (Å²) in [7, 11) is 1.29. The molecule has 6 unspecified atom stereocenters. The van der Waals surface area contributed by atoms with Gasteiger partial charge in [-0.3, -0.25) is 29.0 Å². The summed E-state index contributed by atoms with van der Waals surface area (Å²) in [5.74, 6) is -6.76. The van der Waals surface area contributed by atoms with Crippen molar-refractivity contribution in [3.63, 3.8) is 0 Å². The van der Waals surface area contributed by atoms with E-state index in [0.717, 1.165) is 43.1 Å². The summed E-state index contributed by atoms with van der Waals surface area (Å²) in [6.45, 7) is 0. The summed E-state index contributed by atoms with van der Waals surface area (Å²) in [6, 6.07) is 3.77. The van der Waals surface area contributed by atoms with E-state index in [2.05, 4.69) is 0 Å². The van der Waals surface area contributed by atoms with Crippen LogP contribution in [-0.4, -0.2) is 61.4 Å². The Morgan fingerprint density at radius 1 is 1.00 bits per heavy atom. The first-order valence-corrected chi connectivity index (χ1v) is 13.5. The molecule has 1 N–H and O–H groups in total. The first kappa shape index (κ1) is 24.9. The molecule has 6 rings (SSSR count). The van der Waals surface area contributed by atoms with Crippen molar-refractivity contribution in [2.24, 2.45) is 17.8 Å². The van der Waals surface area contributed by atoms with Crippen molar-refractivity contribution in [1.29, 1.82) is 0 Å². The van der Waals surface area contributed by atoms with Gasteiger partial charge in [0.1, 0.15) is 0 Å². The van der Waals surface area contributed by atoms with E-state index in [1.54, 1.807) is 6.08 Å². The van der Waals surface area contributed by atoms with Gasteiger partial charge in [-0.2, -0.15) is 0 Å². The van der Waals surface area contributed by atoms with Gasteiger partial charge in [-0.1, -0.05) is 43.0 Å². The maximum absolute atomic E-state index is 14.5. The molecule has 1 aromatic rings. The smallest absolute Gasteiger partial charge is 0.253 e. The Morgan fingerprint density at radius 2 is 1.70 bits per heavy atom. The molecule has 0 aromatic heterocycles. The summed E-state index contributed by atoms with van der Waals surface area (Å²) in [4.78, 5) is 52.6. The van der Waals surface area contributed by atoms with Crippen molar-refractivity contribution in [2.75, 3.05) is 7.05 Å². The Bertz CT molecular complexity index is 1280. The number of carbonyl (C=O) groups excluding carboxylic acids is 4. The van der Waals surface area contributed by atoms with Gasteiger partial charge in [0.2, 0.25) is 11.8 Å². The molecule has 3 aliphatic carbocycles. The molecular weight excluding hydrogens is 522 g/mol. The number of amides is 4. The van der Waals surface area contributed by atoms with Crippen molar-refractivity contribution in [2.45, 2.75) is 66.7 Å². The Balaban J connectivity index is 1.51. The fraction of sp³-hybridized carbons (Fsp3) is 0.556. The third-order valence-corrected chi connectivity index (χ3v) is 10.7. The Labute approximate surface area is 223 Å². The van der Waals surface area contributed by atoms with Gasteiger partial charge in [-0.25, -0.2) is 4.39 Å². The third kappa shape index (κ3) is 3.06. The average Bonchev–Trinajstić information content (AvgIpc) is 3.21. The van der Waals surface area contributed by atoms with Crippen molar-refractivity contribution >= 4 is 46.8 Å². The molecule has 2 aliphatic heterocycles. The zero-order valence-corrected chi connectivity index (χ0v) is 21.8. The SMILES string of the molecule is CN1C(=O)C2(Cl)CC3C(=CCC4C(=O)N(C5CCCCC5)C(=O)C43)C(c3cccc(F)c3O)C2(Cl)C1=O. The molecule has 2 saturated carbocycles. The van der Waals surface area contributed by atoms with Gasteiger partial charge in [-0.15, -0.1) is 23.2 Å². The van der Waals surface area contributed by atoms with E-state index in [-0.39, 0.29) is 36.3 Å². The van der Waals surface area contributed by atoms with E-state index in [1.165, 1.54) is 24.1 Å². The molecule has 0 radical (unpaired) electrons. The number of fused-ring (bicyclic) bond motifs is 4. The normalized spacial score (nSPS) is 38.0. The van der Waals surface area contributed by atoms with E-state index in [0.29, 0.717) is 5.57 Å². The highest BCUT2D eigenvalue weighted by molar-refractivity contribution is 6.53. The zero-order valence-electron chi connectivity index (χ0n) is 20.3. The van der Waals surface area contributed by atoms with Gasteiger partial charge < -0.3 is 5.11 Å². The highest BCUT2D eigenvalue weighted by Crippen LogP contribution is 2.66. The van der Waals surface area contributed by atoms with Crippen LogP contribution in [0.5, 0.6) is 5.75 Å². The highest BCUT2D eigenvalue weighted by Gasteiger charge is 2.76. The van der Waals surface area contributed by atoms with E-state index in [9.17, 15) is 28.7 Å². The largest absolute Gasteiger partial charge is 0.505 e. The zero-order chi connectivity index (χ0) is 26.4. The van der Waals surface area contributed by atoms with E-state index >= 15 is 0 Å². The molecule has 2 heterocycles.